The van der Waals surface area contributed by atoms with Crippen molar-refractivity contribution in [2.45, 2.75) is 18.6 Å². The zero-order chi connectivity index (χ0) is 24.9. The number of carbonyl (C=O) groups excluding carboxylic acids is 2. The summed E-state index contributed by atoms with van der Waals surface area (Å²) in [6.45, 7) is 1.64. The fourth-order valence-corrected chi connectivity index (χ4v) is 4.58. The molecule has 0 aliphatic heterocycles. The summed E-state index contributed by atoms with van der Waals surface area (Å²) in [6, 6.07) is 9.46. The number of anilines is 1. The predicted molar refractivity (Wildman–Crippen MR) is 128 cm³/mol. The molecular weight excluding hydrogens is 520 g/mol. The van der Waals surface area contributed by atoms with Crippen molar-refractivity contribution in [2.24, 2.45) is 0 Å². The molecule has 0 saturated carbocycles. The van der Waals surface area contributed by atoms with Crippen LogP contribution < -0.4 is 10.6 Å². The third-order valence-electron chi connectivity index (χ3n) is 4.49. The van der Waals surface area contributed by atoms with Crippen LogP contribution in [0.1, 0.15) is 21.2 Å². The van der Waals surface area contributed by atoms with E-state index in [2.05, 4.69) is 31.0 Å². The topological polar surface area (TPSA) is 115 Å². The Hall–Kier alpha value is -3.42. The van der Waals surface area contributed by atoms with Crippen molar-refractivity contribution < 1.29 is 18.4 Å². The van der Waals surface area contributed by atoms with Gasteiger partial charge in [-0.3, -0.25) is 19.5 Å². The Labute approximate surface area is 210 Å². The summed E-state index contributed by atoms with van der Waals surface area (Å²) in [4.78, 5) is 24.9. The van der Waals surface area contributed by atoms with Crippen LogP contribution in [0.3, 0.4) is 0 Å². The van der Waals surface area contributed by atoms with Gasteiger partial charge in [0, 0.05) is 5.69 Å². The average Bonchev–Trinajstić information content (AvgIpc) is 3.42. The SMILES string of the molecule is Cc1nnc(NC(=O)CSc2nnc(CNC(=O)c3c(F)cccc3Cl)n2-c2ccc(F)cc2)s1. The summed E-state index contributed by atoms with van der Waals surface area (Å²) in [5.74, 6) is -2.00. The zero-order valence-corrected chi connectivity index (χ0v) is 20.3. The molecule has 2 N–H and O–H groups in total. The number of aryl methyl sites for hydroxylation is 1. The number of carbonyl (C=O) groups is 2. The first-order valence-electron chi connectivity index (χ1n) is 9.97. The second-order valence-electron chi connectivity index (χ2n) is 6.95. The standard InChI is InChI=1S/C21H16ClF2N7O2S2/c1-11-27-29-20(35-11)26-17(32)10-34-21-30-28-16(31(21)13-7-5-12(23)6-8-13)9-25-19(33)18-14(22)3-2-4-15(18)24/h2-8H,9-10H2,1H3,(H,25,33)(H,26,29,32). The van der Waals surface area contributed by atoms with Gasteiger partial charge in [0.2, 0.25) is 11.0 Å². The number of thioether (sulfide) groups is 1. The first-order chi connectivity index (χ1) is 16.8. The van der Waals surface area contributed by atoms with Gasteiger partial charge in [0.1, 0.15) is 16.6 Å². The molecule has 2 amide bonds. The van der Waals surface area contributed by atoms with Gasteiger partial charge in [0.05, 0.1) is 22.9 Å². The van der Waals surface area contributed by atoms with E-state index in [-0.39, 0.29) is 34.6 Å². The highest BCUT2D eigenvalue weighted by molar-refractivity contribution is 7.99. The Morgan fingerprint density at radius 2 is 1.86 bits per heavy atom. The van der Waals surface area contributed by atoms with Gasteiger partial charge < -0.3 is 5.32 Å². The van der Waals surface area contributed by atoms with E-state index in [1.807, 2.05) is 0 Å². The second-order valence-corrected chi connectivity index (χ2v) is 9.48. The molecule has 35 heavy (non-hydrogen) atoms. The van der Waals surface area contributed by atoms with Crippen LogP contribution in [0.2, 0.25) is 5.02 Å². The van der Waals surface area contributed by atoms with Gasteiger partial charge >= 0.3 is 0 Å². The van der Waals surface area contributed by atoms with Gasteiger partial charge in [-0.05, 0) is 43.3 Å². The lowest BCUT2D eigenvalue weighted by molar-refractivity contribution is -0.113. The van der Waals surface area contributed by atoms with Gasteiger partial charge in [0.25, 0.3) is 5.91 Å². The Morgan fingerprint density at radius 1 is 1.09 bits per heavy atom. The van der Waals surface area contributed by atoms with Crippen molar-refractivity contribution in [3.8, 4) is 5.69 Å². The van der Waals surface area contributed by atoms with Crippen molar-refractivity contribution in [3.63, 3.8) is 0 Å². The maximum Gasteiger partial charge on any atom is 0.256 e. The molecule has 0 unspecified atom stereocenters. The Balaban J connectivity index is 1.52. The molecule has 4 aromatic rings. The average molecular weight is 536 g/mol. The van der Waals surface area contributed by atoms with Gasteiger partial charge in [0.15, 0.2) is 11.0 Å². The second kappa shape index (κ2) is 10.9. The molecule has 2 aromatic carbocycles. The minimum Gasteiger partial charge on any atom is -0.345 e. The molecule has 0 spiro atoms. The number of hydrogen-bond acceptors (Lipinski definition) is 8. The first-order valence-corrected chi connectivity index (χ1v) is 12.1. The molecule has 0 saturated heterocycles. The van der Waals surface area contributed by atoms with Crippen LogP contribution >= 0.6 is 34.7 Å². The van der Waals surface area contributed by atoms with E-state index >= 15 is 0 Å². The Morgan fingerprint density at radius 3 is 2.54 bits per heavy atom. The summed E-state index contributed by atoms with van der Waals surface area (Å²) in [5, 5.41) is 22.5. The molecule has 4 rings (SSSR count). The lowest BCUT2D eigenvalue weighted by Gasteiger charge is -2.11. The van der Waals surface area contributed by atoms with Crippen LogP contribution in [-0.2, 0) is 11.3 Å². The van der Waals surface area contributed by atoms with E-state index in [9.17, 15) is 18.4 Å². The van der Waals surface area contributed by atoms with Crippen LogP contribution in [-0.4, -0.2) is 42.5 Å². The number of hydrogen-bond donors (Lipinski definition) is 2. The molecule has 0 aliphatic carbocycles. The van der Waals surface area contributed by atoms with E-state index in [0.29, 0.717) is 21.0 Å². The lowest BCUT2D eigenvalue weighted by atomic mass is 10.2. The molecular formula is C21H16ClF2N7O2S2. The van der Waals surface area contributed by atoms with Gasteiger partial charge in [-0.25, -0.2) is 8.78 Å². The van der Waals surface area contributed by atoms with Crippen LogP contribution in [0.25, 0.3) is 5.69 Å². The van der Waals surface area contributed by atoms with Gasteiger partial charge in [-0.2, -0.15) is 0 Å². The Bertz CT molecular complexity index is 1360. The van der Waals surface area contributed by atoms with Crippen LogP contribution in [0.5, 0.6) is 0 Å². The van der Waals surface area contributed by atoms with E-state index < -0.39 is 17.5 Å². The van der Waals surface area contributed by atoms with E-state index in [1.165, 1.54) is 47.7 Å². The van der Waals surface area contributed by atoms with E-state index in [4.69, 9.17) is 11.6 Å². The smallest absolute Gasteiger partial charge is 0.256 e. The summed E-state index contributed by atoms with van der Waals surface area (Å²) < 4.78 is 29.1. The summed E-state index contributed by atoms with van der Waals surface area (Å²) >= 11 is 8.29. The molecule has 2 aromatic heterocycles. The third kappa shape index (κ3) is 5.99. The molecule has 0 aliphatic rings. The minimum absolute atomic E-state index is 0.0187. The zero-order valence-electron chi connectivity index (χ0n) is 18.0. The van der Waals surface area contributed by atoms with Crippen molar-refractivity contribution in [1.29, 1.82) is 0 Å². The molecule has 9 nitrogen and oxygen atoms in total. The van der Waals surface area contributed by atoms with Crippen LogP contribution in [0.4, 0.5) is 13.9 Å². The maximum absolute atomic E-state index is 14.1. The number of amides is 2. The fourth-order valence-electron chi connectivity index (χ4n) is 2.95. The van der Waals surface area contributed by atoms with Crippen molar-refractivity contribution in [1.82, 2.24) is 30.3 Å². The molecule has 14 heteroatoms. The van der Waals surface area contributed by atoms with Crippen molar-refractivity contribution in [3.05, 3.63) is 75.5 Å². The lowest BCUT2D eigenvalue weighted by Crippen LogP contribution is -2.26. The van der Waals surface area contributed by atoms with Gasteiger partial charge in [-0.1, -0.05) is 40.8 Å². The predicted octanol–water partition coefficient (Wildman–Crippen LogP) is 4.02. The van der Waals surface area contributed by atoms with Crippen molar-refractivity contribution >= 4 is 51.6 Å². The molecule has 180 valence electrons. The monoisotopic (exact) mass is 535 g/mol. The number of rotatable bonds is 8. The molecule has 0 radical (unpaired) electrons. The highest BCUT2D eigenvalue weighted by atomic mass is 35.5. The molecule has 2 heterocycles. The number of aromatic nitrogens is 5. The number of halogens is 3. The Kier molecular flexibility index (Phi) is 7.68. The fraction of sp³-hybridized carbons (Fsp3) is 0.143. The number of nitrogens with zero attached hydrogens (tertiary/aromatic N) is 5. The number of nitrogens with one attached hydrogen (secondary N) is 2. The molecule has 0 fully saturated rings. The van der Waals surface area contributed by atoms with E-state index in [0.717, 1.165) is 17.8 Å². The van der Waals surface area contributed by atoms with Crippen molar-refractivity contribution in [2.75, 3.05) is 11.1 Å². The van der Waals surface area contributed by atoms with Crippen LogP contribution in [0, 0.1) is 18.6 Å². The number of benzene rings is 2. The summed E-state index contributed by atoms with van der Waals surface area (Å²) in [6.07, 6.45) is 0. The molecule has 0 atom stereocenters. The quantitative estimate of drug-likeness (QED) is 0.327. The highest BCUT2D eigenvalue weighted by Gasteiger charge is 2.20. The normalized spacial score (nSPS) is 10.9. The maximum atomic E-state index is 14.1. The largest absolute Gasteiger partial charge is 0.345 e. The minimum atomic E-state index is -0.761. The third-order valence-corrected chi connectivity index (χ3v) is 6.48. The summed E-state index contributed by atoms with van der Waals surface area (Å²) in [7, 11) is 0. The van der Waals surface area contributed by atoms with E-state index in [1.54, 1.807) is 11.5 Å². The van der Waals surface area contributed by atoms with Gasteiger partial charge in [-0.15, -0.1) is 20.4 Å². The highest BCUT2D eigenvalue weighted by Crippen LogP contribution is 2.24. The van der Waals surface area contributed by atoms with Crippen LogP contribution in [0.15, 0.2) is 47.6 Å². The summed E-state index contributed by atoms with van der Waals surface area (Å²) in [5.41, 5.74) is 0.215. The first kappa shape index (κ1) is 24.7. The molecule has 0 bridgehead atoms.